The minimum absolute atomic E-state index is 0.190. The molecular weight excluding hydrogens is 494 g/mol. The molecule has 0 radical (unpaired) electrons. The van der Waals surface area contributed by atoms with Crippen molar-refractivity contribution in [2.45, 2.75) is 89.7 Å². The predicted octanol–water partition coefficient (Wildman–Crippen LogP) is 4.31. The lowest BCUT2D eigenvalue weighted by Gasteiger charge is -2.41. The van der Waals surface area contributed by atoms with Crippen LogP contribution < -0.4 is 5.32 Å². The number of ether oxygens (including phenoxy) is 1. The van der Waals surface area contributed by atoms with E-state index in [1.54, 1.807) is 0 Å². The topological polar surface area (TPSA) is 96.8 Å². The summed E-state index contributed by atoms with van der Waals surface area (Å²) in [6.07, 6.45) is 4.95. The number of aryl methyl sites for hydroxylation is 1. The van der Waals surface area contributed by atoms with Crippen LogP contribution in [-0.2, 0) is 21.4 Å². The van der Waals surface area contributed by atoms with Gasteiger partial charge in [-0.05, 0) is 89.8 Å². The van der Waals surface area contributed by atoms with Gasteiger partial charge in [0.2, 0.25) is 11.8 Å². The number of piperidine rings is 3. The fourth-order valence-corrected chi connectivity index (χ4v) is 6.52. The molecule has 3 atom stereocenters. The molecule has 4 heterocycles. The number of carbonyl (C=O) groups is 3. The molecule has 212 valence electrons. The van der Waals surface area contributed by atoms with Crippen LogP contribution >= 0.6 is 0 Å². The SMILES string of the molecule is C[C@H]1C[C@H](c2ccc3c(C4CCC(=O)NC4=O)nn(C)c3c2)CCN1CC1CCN(C(=O)OC(C)(C)C)CC1. The molecule has 9 nitrogen and oxygen atoms in total. The number of hydrogen-bond donors (Lipinski definition) is 1. The number of nitrogens with one attached hydrogen (secondary N) is 1. The molecule has 0 spiro atoms. The van der Waals surface area contributed by atoms with E-state index in [-0.39, 0.29) is 23.8 Å². The second-order valence-corrected chi connectivity index (χ2v) is 12.8. The number of amides is 3. The zero-order valence-electron chi connectivity index (χ0n) is 24.0. The first-order chi connectivity index (χ1) is 18.5. The van der Waals surface area contributed by atoms with Crippen molar-refractivity contribution in [2.75, 3.05) is 26.2 Å². The summed E-state index contributed by atoms with van der Waals surface area (Å²) in [6, 6.07) is 7.07. The maximum Gasteiger partial charge on any atom is 0.410 e. The average Bonchev–Trinajstić information content (AvgIpc) is 3.20. The Morgan fingerprint density at radius 2 is 1.85 bits per heavy atom. The Morgan fingerprint density at radius 1 is 1.10 bits per heavy atom. The van der Waals surface area contributed by atoms with E-state index in [1.807, 2.05) is 37.4 Å². The molecule has 39 heavy (non-hydrogen) atoms. The maximum atomic E-state index is 12.5. The number of imide groups is 1. The predicted molar refractivity (Wildman–Crippen MR) is 149 cm³/mol. The average molecular weight is 538 g/mol. The molecule has 1 aromatic carbocycles. The molecule has 1 unspecified atom stereocenters. The van der Waals surface area contributed by atoms with Gasteiger partial charge in [-0.15, -0.1) is 0 Å². The summed E-state index contributed by atoms with van der Waals surface area (Å²) in [5.74, 6) is 0.275. The van der Waals surface area contributed by atoms with E-state index < -0.39 is 5.60 Å². The first-order valence-corrected chi connectivity index (χ1v) is 14.5. The van der Waals surface area contributed by atoms with Gasteiger partial charge in [-0.2, -0.15) is 5.10 Å². The maximum absolute atomic E-state index is 12.5. The van der Waals surface area contributed by atoms with Crippen molar-refractivity contribution < 1.29 is 19.1 Å². The minimum Gasteiger partial charge on any atom is -0.444 e. The van der Waals surface area contributed by atoms with Crippen LogP contribution in [0.4, 0.5) is 4.79 Å². The van der Waals surface area contributed by atoms with Gasteiger partial charge in [0.25, 0.3) is 0 Å². The molecule has 9 heteroatoms. The van der Waals surface area contributed by atoms with Gasteiger partial charge in [0.05, 0.1) is 17.1 Å². The molecule has 1 N–H and O–H groups in total. The fourth-order valence-electron chi connectivity index (χ4n) is 6.52. The molecule has 3 aliphatic rings. The zero-order valence-corrected chi connectivity index (χ0v) is 24.0. The number of rotatable bonds is 4. The standard InChI is InChI=1S/C30H43N5O4/c1-19-16-22(12-15-35(19)18-20-10-13-34(14-11-20)29(38)39-30(2,3)4)21-6-7-23-25(17-21)33(5)32-27(23)24-8-9-26(36)31-28(24)37/h6-7,17,19-20,22,24H,8-16,18H2,1-5H3,(H,31,36,37)/t19-,22+,24?/m0/s1. The Bertz CT molecular complexity index is 1240. The summed E-state index contributed by atoms with van der Waals surface area (Å²) in [6.45, 7) is 11.8. The van der Waals surface area contributed by atoms with E-state index >= 15 is 0 Å². The first kappa shape index (κ1) is 27.6. The summed E-state index contributed by atoms with van der Waals surface area (Å²) in [5, 5.41) is 8.17. The van der Waals surface area contributed by atoms with Gasteiger partial charge in [0.1, 0.15) is 5.60 Å². The van der Waals surface area contributed by atoms with Gasteiger partial charge < -0.3 is 14.5 Å². The quantitative estimate of drug-likeness (QED) is 0.584. The van der Waals surface area contributed by atoms with Gasteiger partial charge in [-0.25, -0.2) is 4.79 Å². The number of likely N-dealkylation sites (tertiary alicyclic amines) is 2. The highest BCUT2D eigenvalue weighted by atomic mass is 16.6. The van der Waals surface area contributed by atoms with Crippen LogP contribution in [0.5, 0.6) is 0 Å². The molecule has 0 aliphatic carbocycles. The van der Waals surface area contributed by atoms with Crippen molar-refractivity contribution in [3.8, 4) is 0 Å². The number of benzene rings is 1. The Balaban J connectivity index is 1.18. The van der Waals surface area contributed by atoms with Crippen LogP contribution in [0.3, 0.4) is 0 Å². The lowest BCUT2D eigenvalue weighted by Crippen LogP contribution is -2.46. The van der Waals surface area contributed by atoms with Crippen LogP contribution in [0, 0.1) is 5.92 Å². The Hall–Kier alpha value is -2.94. The molecule has 0 saturated carbocycles. The molecular formula is C30H43N5O4. The van der Waals surface area contributed by atoms with E-state index in [1.165, 1.54) is 5.56 Å². The van der Waals surface area contributed by atoms with Crippen LogP contribution in [0.25, 0.3) is 10.9 Å². The third kappa shape index (κ3) is 6.13. The number of fused-ring (bicyclic) bond motifs is 1. The van der Waals surface area contributed by atoms with Crippen molar-refractivity contribution in [3.63, 3.8) is 0 Å². The smallest absolute Gasteiger partial charge is 0.410 e. The molecule has 3 saturated heterocycles. The second-order valence-electron chi connectivity index (χ2n) is 12.8. The highest BCUT2D eigenvalue weighted by Crippen LogP contribution is 2.36. The molecule has 3 amide bonds. The van der Waals surface area contributed by atoms with E-state index in [0.717, 1.165) is 68.5 Å². The molecule has 0 bridgehead atoms. The Morgan fingerprint density at radius 3 is 2.51 bits per heavy atom. The van der Waals surface area contributed by atoms with E-state index in [0.29, 0.717) is 30.7 Å². The van der Waals surface area contributed by atoms with Gasteiger partial charge in [0, 0.05) is 44.5 Å². The molecule has 1 aromatic heterocycles. The van der Waals surface area contributed by atoms with Crippen LogP contribution in [0.1, 0.15) is 89.3 Å². The van der Waals surface area contributed by atoms with Crippen LogP contribution in [-0.4, -0.2) is 75.3 Å². The summed E-state index contributed by atoms with van der Waals surface area (Å²) >= 11 is 0. The summed E-state index contributed by atoms with van der Waals surface area (Å²) in [7, 11) is 1.93. The monoisotopic (exact) mass is 537 g/mol. The molecule has 2 aromatic rings. The van der Waals surface area contributed by atoms with E-state index in [9.17, 15) is 14.4 Å². The van der Waals surface area contributed by atoms with Crippen molar-refractivity contribution in [3.05, 3.63) is 29.5 Å². The Kier molecular flexibility index (Phi) is 7.73. The summed E-state index contributed by atoms with van der Waals surface area (Å²) in [5.41, 5.74) is 2.69. The van der Waals surface area contributed by atoms with Crippen molar-refractivity contribution >= 4 is 28.8 Å². The van der Waals surface area contributed by atoms with Crippen LogP contribution in [0.15, 0.2) is 18.2 Å². The lowest BCUT2D eigenvalue weighted by atomic mass is 9.84. The highest BCUT2D eigenvalue weighted by molar-refractivity contribution is 6.02. The molecule has 5 rings (SSSR count). The summed E-state index contributed by atoms with van der Waals surface area (Å²) < 4.78 is 7.42. The highest BCUT2D eigenvalue weighted by Gasteiger charge is 2.33. The van der Waals surface area contributed by atoms with Crippen molar-refractivity contribution in [2.24, 2.45) is 13.0 Å². The summed E-state index contributed by atoms with van der Waals surface area (Å²) in [4.78, 5) is 41.0. The third-order valence-corrected chi connectivity index (χ3v) is 8.72. The minimum atomic E-state index is -0.454. The lowest BCUT2D eigenvalue weighted by molar-refractivity contribution is -0.134. The number of nitrogens with zero attached hydrogens (tertiary/aromatic N) is 4. The fraction of sp³-hybridized carbons (Fsp3) is 0.667. The van der Waals surface area contributed by atoms with E-state index in [2.05, 4.69) is 35.3 Å². The van der Waals surface area contributed by atoms with Gasteiger partial charge in [-0.3, -0.25) is 19.6 Å². The Labute approximate surface area is 231 Å². The largest absolute Gasteiger partial charge is 0.444 e. The third-order valence-electron chi connectivity index (χ3n) is 8.72. The normalized spacial score (nSPS) is 25.7. The van der Waals surface area contributed by atoms with Gasteiger partial charge in [0.15, 0.2) is 0 Å². The number of carbonyl (C=O) groups excluding carboxylic acids is 3. The van der Waals surface area contributed by atoms with E-state index in [4.69, 9.17) is 9.84 Å². The first-order valence-electron chi connectivity index (χ1n) is 14.5. The number of hydrogen-bond acceptors (Lipinski definition) is 6. The van der Waals surface area contributed by atoms with Crippen LogP contribution in [0.2, 0.25) is 0 Å². The van der Waals surface area contributed by atoms with Crippen molar-refractivity contribution in [1.82, 2.24) is 24.9 Å². The van der Waals surface area contributed by atoms with Crippen molar-refractivity contribution in [1.29, 1.82) is 0 Å². The second kappa shape index (κ2) is 10.9. The zero-order chi connectivity index (χ0) is 27.9. The van der Waals surface area contributed by atoms with Gasteiger partial charge >= 0.3 is 6.09 Å². The van der Waals surface area contributed by atoms with Gasteiger partial charge in [-0.1, -0.05) is 12.1 Å². The number of aromatic nitrogens is 2. The molecule has 3 fully saturated rings. The molecule has 3 aliphatic heterocycles.